The molecule has 2 N–H and O–H groups in total. The van der Waals surface area contributed by atoms with Gasteiger partial charge in [0.2, 0.25) is 0 Å². The van der Waals surface area contributed by atoms with E-state index >= 15 is 0 Å². The Morgan fingerprint density at radius 3 is 2.71 bits per heavy atom. The van der Waals surface area contributed by atoms with Gasteiger partial charge in [0.25, 0.3) is 0 Å². The first kappa shape index (κ1) is 12.8. The van der Waals surface area contributed by atoms with Crippen LogP contribution in [0.15, 0.2) is 23.8 Å². The summed E-state index contributed by atoms with van der Waals surface area (Å²) in [6.07, 6.45) is 4.35. The van der Waals surface area contributed by atoms with Gasteiger partial charge in [-0.05, 0) is 57.8 Å². The minimum Gasteiger partial charge on any atom is -0.390 e. The average Bonchev–Trinajstić information content (AvgIpc) is 2.37. The smallest absolute Gasteiger partial charge is 0.0911 e. The van der Waals surface area contributed by atoms with Crippen molar-refractivity contribution in [3.05, 3.63) is 23.8 Å². The number of hydrogen-bond acceptors (Lipinski definition) is 2. The van der Waals surface area contributed by atoms with Crippen molar-refractivity contribution >= 4 is 0 Å². The number of allylic oxidation sites excluding steroid dienone is 3. The van der Waals surface area contributed by atoms with Gasteiger partial charge >= 0.3 is 0 Å². The molecule has 2 aliphatic carbocycles. The molecule has 0 aliphatic heterocycles. The molecule has 2 rings (SSSR count). The van der Waals surface area contributed by atoms with E-state index < -0.39 is 11.7 Å². The van der Waals surface area contributed by atoms with E-state index in [2.05, 4.69) is 26.5 Å². The molecule has 0 aromatic heterocycles. The highest BCUT2D eigenvalue weighted by Gasteiger charge is 2.51. The minimum absolute atomic E-state index is 0.165. The fourth-order valence-electron chi connectivity index (χ4n) is 3.49. The predicted octanol–water partition coefficient (Wildman–Crippen LogP) is 2.67. The van der Waals surface area contributed by atoms with Crippen LogP contribution in [0.25, 0.3) is 0 Å². The van der Waals surface area contributed by atoms with E-state index in [4.69, 9.17) is 0 Å². The summed E-state index contributed by atoms with van der Waals surface area (Å²) in [7, 11) is 0. The first-order valence-electron chi connectivity index (χ1n) is 6.56. The molecule has 2 aliphatic rings. The fraction of sp³-hybridized carbons (Fsp3) is 0.733. The van der Waals surface area contributed by atoms with Gasteiger partial charge in [0.05, 0.1) is 11.7 Å². The highest BCUT2D eigenvalue weighted by Crippen LogP contribution is 2.49. The Bertz CT molecular complexity index is 354. The highest BCUT2D eigenvalue weighted by atomic mass is 16.3. The molecule has 1 saturated carbocycles. The molecule has 2 nitrogen and oxygen atoms in total. The fourth-order valence-corrected chi connectivity index (χ4v) is 3.49. The standard InChI is InChI=1S/C15H24O2/c1-9(2)11-6-5-10(3)12-8-14(16)15(4,17)13(12)7-11/h5,11-14,16-17H,1,6-8H2,2-4H3. The Balaban J connectivity index is 2.31. The van der Waals surface area contributed by atoms with Crippen molar-refractivity contribution in [3.63, 3.8) is 0 Å². The molecule has 0 amide bonds. The van der Waals surface area contributed by atoms with Crippen molar-refractivity contribution in [2.24, 2.45) is 17.8 Å². The number of aliphatic hydroxyl groups is 2. The zero-order valence-corrected chi connectivity index (χ0v) is 11.1. The van der Waals surface area contributed by atoms with Gasteiger partial charge in [-0.25, -0.2) is 0 Å². The molecule has 0 heterocycles. The predicted molar refractivity (Wildman–Crippen MR) is 69.5 cm³/mol. The summed E-state index contributed by atoms with van der Waals surface area (Å²) >= 11 is 0. The van der Waals surface area contributed by atoms with Crippen molar-refractivity contribution < 1.29 is 10.2 Å². The second-order valence-corrected chi connectivity index (χ2v) is 6.15. The summed E-state index contributed by atoms with van der Waals surface area (Å²) in [4.78, 5) is 0. The summed E-state index contributed by atoms with van der Waals surface area (Å²) in [6, 6.07) is 0. The number of hydrogen-bond donors (Lipinski definition) is 2. The van der Waals surface area contributed by atoms with Crippen molar-refractivity contribution in [1.82, 2.24) is 0 Å². The summed E-state index contributed by atoms with van der Waals surface area (Å²) in [6.45, 7) is 10.0. The topological polar surface area (TPSA) is 40.5 Å². The molecule has 0 radical (unpaired) electrons. The molecule has 0 spiro atoms. The molecular weight excluding hydrogens is 212 g/mol. The SMILES string of the molecule is C=C(C)C1CC=C(C)C2CC(O)C(C)(O)C2C1. The zero-order chi connectivity index (χ0) is 12.8. The third kappa shape index (κ3) is 2.09. The Kier molecular flexibility index (Phi) is 3.21. The maximum absolute atomic E-state index is 10.5. The van der Waals surface area contributed by atoms with E-state index in [1.807, 2.05) is 0 Å². The Morgan fingerprint density at radius 1 is 1.47 bits per heavy atom. The third-order valence-corrected chi connectivity index (χ3v) is 4.93. The first-order chi connectivity index (χ1) is 7.84. The van der Waals surface area contributed by atoms with Crippen LogP contribution >= 0.6 is 0 Å². The van der Waals surface area contributed by atoms with Crippen molar-refractivity contribution in [1.29, 1.82) is 0 Å². The molecule has 17 heavy (non-hydrogen) atoms. The molecule has 1 fully saturated rings. The van der Waals surface area contributed by atoms with E-state index in [0.717, 1.165) is 12.8 Å². The van der Waals surface area contributed by atoms with E-state index in [0.29, 0.717) is 18.3 Å². The Hall–Kier alpha value is -0.600. The van der Waals surface area contributed by atoms with Crippen molar-refractivity contribution in [2.75, 3.05) is 0 Å². The van der Waals surface area contributed by atoms with Crippen LogP contribution in [0.5, 0.6) is 0 Å². The molecule has 5 atom stereocenters. The van der Waals surface area contributed by atoms with Crippen LogP contribution in [0.3, 0.4) is 0 Å². The normalized spacial score (nSPS) is 46.1. The largest absolute Gasteiger partial charge is 0.390 e. The van der Waals surface area contributed by atoms with Crippen molar-refractivity contribution in [3.8, 4) is 0 Å². The number of aliphatic hydroxyl groups excluding tert-OH is 1. The maximum atomic E-state index is 10.5. The van der Waals surface area contributed by atoms with Crippen LogP contribution in [0, 0.1) is 17.8 Å². The van der Waals surface area contributed by atoms with Crippen LogP contribution < -0.4 is 0 Å². The molecule has 0 bridgehead atoms. The van der Waals surface area contributed by atoms with Crippen LogP contribution in [0.1, 0.15) is 40.0 Å². The first-order valence-corrected chi connectivity index (χ1v) is 6.56. The van der Waals surface area contributed by atoms with Crippen LogP contribution in [-0.4, -0.2) is 21.9 Å². The monoisotopic (exact) mass is 236 g/mol. The number of fused-ring (bicyclic) bond motifs is 1. The van der Waals surface area contributed by atoms with Crippen LogP contribution in [0.2, 0.25) is 0 Å². The van der Waals surface area contributed by atoms with Gasteiger partial charge in [0, 0.05) is 0 Å². The molecule has 0 aromatic carbocycles. The van der Waals surface area contributed by atoms with E-state index in [1.165, 1.54) is 11.1 Å². The minimum atomic E-state index is -0.947. The molecule has 5 unspecified atom stereocenters. The van der Waals surface area contributed by atoms with Gasteiger partial charge < -0.3 is 10.2 Å². The summed E-state index contributed by atoms with van der Waals surface area (Å²) in [5.74, 6) is 0.944. The Labute approximate surface area is 104 Å². The highest BCUT2D eigenvalue weighted by molar-refractivity contribution is 5.19. The van der Waals surface area contributed by atoms with Gasteiger partial charge in [0.15, 0.2) is 0 Å². The molecular formula is C15H24O2. The lowest BCUT2D eigenvalue weighted by molar-refractivity contribution is -0.0718. The summed E-state index contributed by atoms with van der Waals surface area (Å²) in [5.41, 5.74) is 1.57. The molecule has 2 heteroatoms. The maximum Gasteiger partial charge on any atom is 0.0911 e. The molecule has 0 saturated heterocycles. The lowest BCUT2D eigenvalue weighted by Crippen LogP contribution is -2.41. The lowest BCUT2D eigenvalue weighted by Gasteiger charge is -2.32. The van der Waals surface area contributed by atoms with E-state index in [-0.39, 0.29) is 5.92 Å². The summed E-state index contributed by atoms with van der Waals surface area (Å²) < 4.78 is 0. The molecule has 96 valence electrons. The third-order valence-electron chi connectivity index (χ3n) is 4.93. The van der Waals surface area contributed by atoms with Gasteiger partial charge in [-0.15, -0.1) is 0 Å². The zero-order valence-electron chi connectivity index (χ0n) is 11.1. The summed E-state index contributed by atoms with van der Waals surface area (Å²) in [5, 5.41) is 20.5. The Morgan fingerprint density at radius 2 is 2.12 bits per heavy atom. The van der Waals surface area contributed by atoms with Gasteiger partial charge in [-0.3, -0.25) is 0 Å². The van der Waals surface area contributed by atoms with E-state index in [1.54, 1.807) is 6.92 Å². The van der Waals surface area contributed by atoms with Gasteiger partial charge in [-0.2, -0.15) is 0 Å². The quantitative estimate of drug-likeness (QED) is 0.687. The lowest BCUT2D eigenvalue weighted by atomic mass is 9.78. The second kappa shape index (κ2) is 4.25. The van der Waals surface area contributed by atoms with Gasteiger partial charge in [0.1, 0.15) is 0 Å². The second-order valence-electron chi connectivity index (χ2n) is 6.15. The average molecular weight is 236 g/mol. The number of rotatable bonds is 1. The van der Waals surface area contributed by atoms with Crippen LogP contribution in [-0.2, 0) is 0 Å². The van der Waals surface area contributed by atoms with Gasteiger partial charge in [-0.1, -0.05) is 23.8 Å². The van der Waals surface area contributed by atoms with Crippen molar-refractivity contribution in [2.45, 2.75) is 51.7 Å². The molecule has 0 aromatic rings. The van der Waals surface area contributed by atoms with Crippen LogP contribution in [0.4, 0.5) is 0 Å². The van der Waals surface area contributed by atoms with E-state index in [9.17, 15) is 10.2 Å².